The highest BCUT2D eigenvalue weighted by atomic mass is 16.5. The summed E-state index contributed by atoms with van der Waals surface area (Å²) in [5, 5.41) is 8.03. The van der Waals surface area contributed by atoms with Crippen LogP contribution >= 0.6 is 0 Å². The Morgan fingerprint density at radius 1 is 0.975 bits per heavy atom. The third-order valence-electron chi connectivity index (χ3n) is 7.17. The molecule has 3 aromatic carbocycles. The SMILES string of the molecule is CCOc1cccc([C@@H]2c3cccn3-c3c(c(C)nn3-c3ccccc3)CN2C(=O)Nc2ccc(OC)cc2)c1. The zero-order chi connectivity index (χ0) is 27.6. The van der Waals surface area contributed by atoms with E-state index in [0.717, 1.165) is 45.5 Å². The van der Waals surface area contributed by atoms with E-state index < -0.39 is 0 Å². The summed E-state index contributed by atoms with van der Waals surface area (Å²) in [6.07, 6.45) is 2.04. The van der Waals surface area contributed by atoms with Gasteiger partial charge < -0.3 is 24.3 Å². The van der Waals surface area contributed by atoms with Gasteiger partial charge >= 0.3 is 6.03 Å². The predicted octanol–water partition coefficient (Wildman–Crippen LogP) is 6.52. The van der Waals surface area contributed by atoms with Gasteiger partial charge in [0.1, 0.15) is 17.3 Å². The fourth-order valence-corrected chi connectivity index (χ4v) is 5.31. The molecule has 1 N–H and O–H groups in total. The number of nitrogens with one attached hydrogen (secondary N) is 1. The summed E-state index contributed by atoms with van der Waals surface area (Å²) >= 11 is 0. The molecule has 8 heteroatoms. The minimum absolute atomic E-state index is 0.218. The lowest BCUT2D eigenvalue weighted by Crippen LogP contribution is -2.38. The number of fused-ring (bicyclic) bond motifs is 3. The molecule has 2 amide bonds. The maximum absolute atomic E-state index is 14.1. The van der Waals surface area contributed by atoms with Gasteiger partial charge in [-0.3, -0.25) is 0 Å². The summed E-state index contributed by atoms with van der Waals surface area (Å²) in [7, 11) is 1.62. The number of ether oxygens (including phenoxy) is 2. The van der Waals surface area contributed by atoms with Gasteiger partial charge in [-0.15, -0.1) is 0 Å². The van der Waals surface area contributed by atoms with E-state index in [2.05, 4.69) is 16.0 Å². The number of benzene rings is 3. The number of aryl methyl sites for hydroxylation is 1. The fraction of sp³-hybridized carbons (Fsp3) is 0.188. The van der Waals surface area contributed by atoms with Crippen LogP contribution in [0.15, 0.2) is 97.2 Å². The molecule has 3 heterocycles. The van der Waals surface area contributed by atoms with Crippen molar-refractivity contribution in [3.05, 3.63) is 120 Å². The first-order valence-electron chi connectivity index (χ1n) is 13.3. The minimum Gasteiger partial charge on any atom is -0.497 e. The molecule has 0 spiro atoms. The highest BCUT2D eigenvalue weighted by Gasteiger charge is 2.36. The average molecular weight is 534 g/mol. The number of rotatable bonds is 6. The molecule has 0 radical (unpaired) electrons. The zero-order valence-corrected chi connectivity index (χ0v) is 22.7. The third kappa shape index (κ3) is 4.58. The monoisotopic (exact) mass is 533 g/mol. The first-order valence-corrected chi connectivity index (χ1v) is 13.3. The summed E-state index contributed by atoms with van der Waals surface area (Å²) in [5.41, 5.74) is 5.40. The van der Waals surface area contributed by atoms with Crippen LogP contribution in [0.1, 0.15) is 35.5 Å². The summed E-state index contributed by atoms with van der Waals surface area (Å²) < 4.78 is 15.2. The van der Waals surface area contributed by atoms with Crippen LogP contribution in [0.2, 0.25) is 0 Å². The number of para-hydroxylation sites is 1. The molecule has 202 valence electrons. The van der Waals surface area contributed by atoms with Gasteiger partial charge in [0.2, 0.25) is 0 Å². The predicted molar refractivity (Wildman–Crippen MR) is 155 cm³/mol. The number of hydrogen-bond acceptors (Lipinski definition) is 4. The molecule has 0 bridgehead atoms. The van der Waals surface area contributed by atoms with E-state index in [0.29, 0.717) is 18.8 Å². The van der Waals surface area contributed by atoms with Crippen LogP contribution < -0.4 is 14.8 Å². The van der Waals surface area contributed by atoms with Crippen molar-refractivity contribution < 1.29 is 14.3 Å². The summed E-state index contributed by atoms with van der Waals surface area (Å²) in [6.45, 7) is 4.88. The molecule has 0 unspecified atom stereocenters. The van der Waals surface area contributed by atoms with E-state index in [4.69, 9.17) is 14.6 Å². The van der Waals surface area contributed by atoms with Crippen molar-refractivity contribution >= 4 is 11.7 Å². The molecule has 2 aromatic heterocycles. The van der Waals surface area contributed by atoms with Crippen molar-refractivity contribution in [1.82, 2.24) is 19.2 Å². The van der Waals surface area contributed by atoms with Crippen molar-refractivity contribution in [2.24, 2.45) is 0 Å². The van der Waals surface area contributed by atoms with Crippen LogP contribution in [-0.4, -0.2) is 39.0 Å². The molecule has 1 atom stereocenters. The van der Waals surface area contributed by atoms with Crippen LogP contribution in [0.4, 0.5) is 10.5 Å². The van der Waals surface area contributed by atoms with Gasteiger partial charge in [-0.05, 0) is 80.1 Å². The van der Waals surface area contributed by atoms with E-state index in [1.807, 2.05) is 115 Å². The molecule has 40 heavy (non-hydrogen) atoms. The van der Waals surface area contributed by atoms with Gasteiger partial charge in [0, 0.05) is 17.4 Å². The number of methoxy groups -OCH3 is 1. The Labute approximate surface area is 233 Å². The molecule has 0 fully saturated rings. The first kappa shape index (κ1) is 25.3. The quantitative estimate of drug-likeness (QED) is 0.270. The van der Waals surface area contributed by atoms with Gasteiger partial charge in [0.05, 0.1) is 43.4 Å². The number of carbonyl (C=O) groups excluding carboxylic acids is 1. The lowest BCUT2D eigenvalue weighted by atomic mass is 10.0. The first-order chi connectivity index (χ1) is 19.6. The lowest BCUT2D eigenvalue weighted by molar-refractivity contribution is 0.194. The Bertz CT molecular complexity index is 1640. The van der Waals surface area contributed by atoms with Crippen LogP contribution in [0.25, 0.3) is 11.5 Å². The maximum atomic E-state index is 14.1. The van der Waals surface area contributed by atoms with E-state index >= 15 is 0 Å². The topological polar surface area (TPSA) is 73.5 Å². The van der Waals surface area contributed by atoms with E-state index in [1.54, 1.807) is 7.11 Å². The summed E-state index contributed by atoms with van der Waals surface area (Å²) in [6, 6.07) is 28.9. The zero-order valence-electron chi connectivity index (χ0n) is 22.7. The Morgan fingerprint density at radius 3 is 2.52 bits per heavy atom. The van der Waals surface area contributed by atoms with Crippen molar-refractivity contribution in [3.63, 3.8) is 0 Å². The number of aromatic nitrogens is 3. The number of urea groups is 1. The highest BCUT2D eigenvalue weighted by molar-refractivity contribution is 5.90. The molecule has 1 aliphatic rings. The standard InChI is InChI=1S/C32H31N5O3/c1-4-40-27-13-8-10-23(20-27)30-29-14-9-19-35(29)31-28(22(2)34-37(31)25-11-6-5-7-12-25)21-36(30)32(38)33-24-15-17-26(39-3)18-16-24/h5-20,30H,4,21H2,1-3H3,(H,33,38)/t30-/m1/s1. The number of carbonyl (C=O) groups is 1. The Balaban J connectivity index is 1.51. The molecule has 8 nitrogen and oxygen atoms in total. The largest absolute Gasteiger partial charge is 0.497 e. The second kappa shape index (κ2) is 10.6. The van der Waals surface area contributed by atoms with E-state index in [-0.39, 0.29) is 12.1 Å². The highest BCUT2D eigenvalue weighted by Crippen LogP contribution is 2.39. The smallest absolute Gasteiger partial charge is 0.322 e. The van der Waals surface area contributed by atoms with Gasteiger partial charge in [0.25, 0.3) is 0 Å². The van der Waals surface area contributed by atoms with Crippen LogP contribution in [-0.2, 0) is 6.54 Å². The second-order valence-corrected chi connectivity index (χ2v) is 9.63. The van der Waals surface area contributed by atoms with E-state index in [1.165, 1.54) is 0 Å². The van der Waals surface area contributed by atoms with Gasteiger partial charge in [0.15, 0.2) is 0 Å². The number of hydrogen-bond donors (Lipinski definition) is 1. The Kier molecular flexibility index (Phi) is 6.74. The van der Waals surface area contributed by atoms with E-state index in [9.17, 15) is 4.79 Å². The van der Waals surface area contributed by atoms with Crippen LogP contribution in [0.3, 0.4) is 0 Å². The second-order valence-electron chi connectivity index (χ2n) is 9.63. The van der Waals surface area contributed by atoms with Crippen molar-refractivity contribution in [2.45, 2.75) is 26.4 Å². The molecule has 0 saturated heterocycles. The molecular weight excluding hydrogens is 502 g/mol. The van der Waals surface area contributed by atoms with Crippen molar-refractivity contribution in [2.75, 3.05) is 19.0 Å². The molecule has 0 saturated carbocycles. The molecule has 1 aliphatic heterocycles. The average Bonchev–Trinajstić information content (AvgIpc) is 3.54. The Morgan fingerprint density at radius 2 is 1.77 bits per heavy atom. The molecule has 5 aromatic rings. The lowest BCUT2D eigenvalue weighted by Gasteiger charge is -2.31. The molecule has 6 rings (SSSR count). The minimum atomic E-state index is -0.385. The van der Waals surface area contributed by atoms with Crippen molar-refractivity contribution in [1.29, 1.82) is 0 Å². The normalized spacial score (nSPS) is 14.2. The third-order valence-corrected chi connectivity index (χ3v) is 7.17. The summed E-state index contributed by atoms with van der Waals surface area (Å²) in [4.78, 5) is 16.0. The van der Waals surface area contributed by atoms with Gasteiger partial charge in [-0.2, -0.15) is 5.10 Å². The van der Waals surface area contributed by atoms with Gasteiger partial charge in [-0.25, -0.2) is 9.48 Å². The summed E-state index contributed by atoms with van der Waals surface area (Å²) in [5.74, 6) is 2.42. The number of amides is 2. The van der Waals surface area contributed by atoms with Crippen LogP contribution in [0.5, 0.6) is 11.5 Å². The van der Waals surface area contributed by atoms with Crippen molar-refractivity contribution in [3.8, 4) is 23.0 Å². The van der Waals surface area contributed by atoms with Gasteiger partial charge in [-0.1, -0.05) is 30.3 Å². The Hall–Kier alpha value is -4.98. The fourth-order valence-electron chi connectivity index (χ4n) is 5.31. The number of nitrogens with zero attached hydrogens (tertiary/aromatic N) is 4. The number of anilines is 1. The molecule has 0 aliphatic carbocycles. The maximum Gasteiger partial charge on any atom is 0.322 e. The van der Waals surface area contributed by atoms with Crippen LogP contribution in [0, 0.1) is 6.92 Å². The molecular formula is C32H31N5O3.